The molecule has 3 aromatic rings. The zero-order valence-corrected chi connectivity index (χ0v) is 15.2. The van der Waals surface area contributed by atoms with E-state index in [9.17, 15) is 13.2 Å². The molecule has 0 bridgehead atoms. The third-order valence-electron chi connectivity index (χ3n) is 3.65. The van der Waals surface area contributed by atoms with Crippen LogP contribution in [0.2, 0.25) is 0 Å². The van der Waals surface area contributed by atoms with Gasteiger partial charge < -0.3 is 5.32 Å². The van der Waals surface area contributed by atoms with Crippen LogP contribution in [0.3, 0.4) is 0 Å². The zero-order valence-electron chi connectivity index (χ0n) is 13.6. The Morgan fingerprint density at radius 2 is 1.80 bits per heavy atom. The van der Waals surface area contributed by atoms with Crippen LogP contribution < -0.4 is 5.32 Å². The molecule has 0 aliphatic carbocycles. The lowest BCUT2D eigenvalue weighted by atomic mass is 10.2. The first kappa shape index (κ1) is 17.6. The molecule has 1 amide bonds. The molecule has 1 heterocycles. The number of carbonyl (C=O) groups excluding carboxylic acids is 1. The number of benzene rings is 2. The molecule has 25 heavy (non-hydrogen) atoms. The van der Waals surface area contributed by atoms with Crippen LogP contribution in [0, 0.1) is 0 Å². The highest BCUT2D eigenvalue weighted by Gasteiger charge is 2.20. The maximum atomic E-state index is 12.4. The smallest absolute Gasteiger partial charge is 0.265 e. The first-order chi connectivity index (χ1) is 11.9. The Balaban J connectivity index is 1.78. The minimum atomic E-state index is -3.70. The summed E-state index contributed by atoms with van der Waals surface area (Å²) in [5, 5.41) is 3.79. The molecule has 0 radical (unpaired) electrons. The molecule has 0 aliphatic heterocycles. The van der Waals surface area contributed by atoms with Crippen molar-refractivity contribution in [1.29, 1.82) is 0 Å². The van der Waals surface area contributed by atoms with Gasteiger partial charge in [0, 0.05) is 17.4 Å². The molecule has 0 unspecified atom stereocenters. The number of carbonyl (C=O) groups is 1. The van der Waals surface area contributed by atoms with Crippen molar-refractivity contribution in [2.24, 2.45) is 0 Å². The molecule has 0 saturated carbocycles. The number of hydrogen-bond donors (Lipinski definition) is 1. The molecule has 1 aromatic heterocycles. The van der Waals surface area contributed by atoms with Crippen LogP contribution >= 0.6 is 11.3 Å². The molecule has 8 heteroatoms. The average Bonchev–Trinajstić information content (AvgIpc) is 3.05. The number of sulfonamides is 1. The number of amides is 1. The Bertz CT molecular complexity index is 978. The van der Waals surface area contributed by atoms with Gasteiger partial charge in [-0.25, -0.2) is 8.42 Å². The van der Waals surface area contributed by atoms with Crippen molar-refractivity contribution in [2.45, 2.75) is 4.90 Å². The summed E-state index contributed by atoms with van der Waals surface area (Å²) >= 11 is 1.41. The fourth-order valence-corrected chi connectivity index (χ4v) is 4.17. The van der Waals surface area contributed by atoms with E-state index in [0.29, 0.717) is 10.6 Å². The molecule has 3 rings (SSSR count). The largest absolute Gasteiger partial charge is 0.321 e. The molecule has 0 fully saturated rings. The van der Waals surface area contributed by atoms with Crippen molar-refractivity contribution < 1.29 is 18.0 Å². The number of thiophene rings is 1. The van der Waals surface area contributed by atoms with Crippen molar-refractivity contribution >= 4 is 43.0 Å². The molecule has 1 N–H and O–H groups in total. The minimum Gasteiger partial charge on any atom is -0.321 e. The highest BCUT2D eigenvalue weighted by molar-refractivity contribution is 7.89. The summed E-state index contributed by atoms with van der Waals surface area (Å²) in [5.41, 5.74) is 0.515. The SMILES string of the molecule is CON(C)S(=O)(=O)c1ccc(NC(=O)c2cc3ccccc3s2)cc1. The van der Waals surface area contributed by atoms with Gasteiger partial charge in [0.05, 0.1) is 16.9 Å². The third kappa shape index (κ3) is 3.57. The summed E-state index contributed by atoms with van der Waals surface area (Å²) in [6.07, 6.45) is 0. The molecule has 2 aromatic carbocycles. The molecule has 6 nitrogen and oxygen atoms in total. The number of hydroxylamine groups is 1. The fraction of sp³-hybridized carbons (Fsp3) is 0.118. The van der Waals surface area contributed by atoms with Crippen molar-refractivity contribution in [2.75, 3.05) is 19.5 Å². The fourth-order valence-electron chi connectivity index (χ4n) is 2.24. The zero-order chi connectivity index (χ0) is 18.0. The number of hydrogen-bond acceptors (Lipinski definition) is 5. The lowest BCUT2D eigenvalue weighted by Crippen LogP contribution is -2.25. The van der Waals surface area contributed by atoms with Gasteiger partial charge in [0.1, 0.15) is 0 Å². The summed E-state index contributed by atoms with van der Waals surface area (Å²) in [6.45, 7) is 0. The lowest BCUT2D eigenvalue weighted by Gasteiger charge is -2.14. The van der Waals surface area contributed by atoms with Gasteiger partial charge in [0.2, 0.25) is 0 Å². The van der Waals surface area contributed by atoms with Gasteiger partial charge in [0.15, 0.2) is 0 Å². The predicted octanol–water partition coefficient (Wildman–Crippen LogP) is 3.34. The highest BCUT2D eigenvalue weighted by Crippen LogP contribution is 2.26. The van der Waals surface area contributed by atoms with E-state index < -0.39 is 10.0 Å². The lowest BCUT2D eigenvalue weighted by molar-refractivity contribution is -0.0258. The van der Waals surface area contributed by atoms with Gasteiger partial charge in [-0.05, 0) is 41.8 Å². The number of nitrogens with one attached hydrogen (secondary N) is 1. The van der Waals surface area contributed by atoms with Crippen LogP contribution in [0.1, 0.15) is 9.67 Å². The number of fused-ring (bicyclic) bond motifs is 1. The topological polar surface area (TPSA) is 75.7 Å². The predicted molar refractivity (Wildman–Crippen MR) is 98.2 cm³/mol. The van der Waals surface area contributed by atoms with Gasteiger partial charge in [-0.15, -0.1) is 11.3 Å². The summed E-state index contributed by atoms with van der Waals surface area (Å²) in [5.74, 6) is -0.231. The first-order valence-corrected chi connectivity index (χ1v) is 9.60. The van der Waals surface area contributed by atoms with Crippen molar-refractivity contribution in [1.82, 2.24) is 4.47 Å². The van der Waals surface area contributed by atoms with Gasteiger partial charge in [-0.2, -0.15) is 0 Å². The van der Waals surface area contributed by atoms with E-state index in [1.165, 1.54) is 37.6 Å². The number of nitrogens with zero attached hydrogens (tertiary/aromatic N) is 1. The molecular formula is C17H16N2O4S2. The summed E-state index contributed by atoms with van der Waals surface area (Å²) in [7, 11) is -1.12. The Labute approximate surface area is 149 Å². The molecule has 130 valence electrons. The molecular weight excluding hydrogens is 360 g/mol. The standard InChI is InChI=1S/C17H16N2O4S2/c1-19(23-2)25(21,22)14-9-7-13(8-10-14)18-17(20)16-11-12-5-3-4-6-15(12)24-16/h3-11H,1-2H3,(H,18,20). The highest BCUT2D eigenvalue weighted by atomic mass is 32.2. The maximum Gasteiger partial charge on any atom is 0.265 e. The van der Waals surface area contributed by atoms with E-state index in [2.05, 4.69) is 5.32 Å². The Morgan fingerprint density at radius 1 is 1.12 bits per heavy atom. The van der Waals surface area contributed by atoms with Crippen LogP contribution in [0.15, 0.2) is 59.5 Å². The van der Waals surface area contributed by atoms with Crippen molar-refractivity contribution in [3.63, 3.8) is 0 Å². The van der Waals surface area contributed by atoms with Gasteiger partial charge in [0.25, 0.3) is 15.9 Å². The second-order valence-electron chi connectivity index (χ2n) is 5.22. The molecule has 0 aliphatic rings. The Morgan fingerprint density at radius 3 is 2.44 bits per heavy atom. The number of anilines is 1. The maximum absolute atomic E-state index is 12.4. The van der Waals surface area contributed by atoms with Gasteiger partial charge in [-0.3, -0.25) is 9.63 Å². The second kappa shape index (κ2) is 6.93. The van der Waals surface area contributed by atoms with Crippen LogP contribution in [-0.4, -0.2) is 33.0 Å². The molecule has 0 saturated heterocycles. The van der Waals surface area contributed by atoms with Crippen molar-refractivity contribution in [3.8, 4) is 0 Å². The van der Waals surface area contributed by atoms with E-state index in [1.807, 2.05) is 30.3 Å². The van der Waals surface area contributed by atoms with Crippen LogP contribution in [0.5, 0.6) is 0 Å². The third-order valence-corrected chi connectivity index (χ3v) is 6.46. The van der Waals surface area contributed by atoms with E-state index in [-0.39, 0.29) is 10.8 Å². The quantitative estimate of drug-likeness (QED) is 0.693. The van der Waals surface area contributed by atoms with Crippen LogP contribution in [0.25, 0.3) is 10.1 Å². The van der Waals surface area contributed by atoms with E-state index >= 15 is 0 Å². The first-order valence-electron chi connectivity index (χ1n) is 7.35. The normalized spacial score (nSPS) is 11.8. The summed E-state index contributed by atoms with van der Waals surface area (Å²) in [6, 6.07) is 15.5. The second-order valence-corrected chi connectivity index (χ2v) is 8.24. The van der Waals surface area contributed by atoms with Crippen LogP contribution in [0.4, 0.5) is 5.69 Å². The Hall–Kier alpha value is -2.26. The van der Waals surface area contributed by atoms with E-state index in [4.69, 9.17) is 4.84 Å². The van der Waals surface area contributed by atoms with Gasteiger partial charge >= 0.3 is 0 Å². The minimum absolute atomic E-state index is 0.0803. The van der Waals surface area contributed by atoms with Crippen molar-refractivity contribution in [3.05, 3.63) is 59.5 Å². The van der Waals surface area contributed by atoms with Gasteiger partial charge in [-0.1, -0.05) is 22.7 Å². The molecule has 0 atom stereocenters. The average molecular weight is 376 g/mol. The van der Waals surface area contributed by atoms with Crippen LogP contribution in [-0.2, 0) is 14.9 Å². The number of rotatable bonds is 5. The Kier molecular flexibility index (Phi) is 4.87. The summed E-state index contributed by atoms with van der Waals surface area (Å²) < 4.78 is 26.1. The monoisotopic (exact) mass is 376 g/mol. The van der Waals surface area contributed by atoms with E-state index in [1.54, 1.807) is 12.1 Å². The van der Waals surface area contributed by atoms with E-state index in [0.717, 1.165) is 14.6 Å². The molecule has 0 spiro atoms. The summed E-state index contributed by atoms with van der Waals surface area (Å²) in [4.78, 5) is 17.8.